The second-order valence-electron chi connectivity index (χ2n) is 15.1. The SMILES string of the molecule is c1ccc2c3c(ccc2c1)OP(O[C@@H]1COC2C1OC[C@H]2OP1Oc2ccc4ccccc4c2Cc2c(ccc4ccccc24)O1)Oc1ccc2ccccc2c1C3. The van der Waals surface area contributed by atoms with E-state index in [0.29, 0.717) is 26.1 Å². The van der Waals surface area contributed by atoms with Crippen LogP contribution in [0.25, 0.3) is 43.1 Å². The number of hydrogen-bond donors (Lipinski definition) is 0. The van der Waals surface area contributed by atoms with Crippen molar-refractivity contribution in [3.63, 3.8) is 0 Å². The molecule has 4 atom stereocenters. The predicted octanol–water partition coefficient (Wildman–Crippen LogP) is 11.7. The minimum Gasteiger partial charge on any atom is -0.417 e. The van der Waals surface area contributed by atoms with Gasteiger partial charge in [-0.05, 0) is 67.4 Å². The van der Waals surface area contributed by atoms with E-state index in [4.69, 9.17) is 36.6 Å². The van der Waals surface area contributed by atoms with Crippen LogP contribution >= 0.6 is 17.2 Å². The first kappa shape index (κ1) is 34.7. The van der Waals surface area contributed by atoms with Crippen LogP contribution in [0.15, 0.2) is 146 Å². The molecule has 0 radical (unpaired) electrons. The Morgan fingerprint density at radius 2 is 0.655 bits per heavy atom. The molecular weight excluding hydrogens is 766 g/mol. The topological polar surface area (TPSA) is 73.8 Å². The van der Waals surface area contributed by atoms with Crippen LogP contribution in [-0.4, -0.2) is 37.6 Å². The summed E-state index contributed by atoms with van der Waals surface area (Å²) in [5.74, 6) is 2.98. The molecule has 12 rings (SSSR count). The smallest absolute Gasteiger partial charge is 0.417 e. The van der Waals surface area contributed by atoms with Gasteiger partial charge in [-0.2, -0.15) is 0 Å². The van der Waals surface area contributed by atoms with E-state index in [-0.39, 0.29) is 0 Å². The van der Waals surface area contributed by atoms with Gasteiger partial charge in [-0.3, -0.25) is 9.05 Å². The molecule has 8 aromatic rings. The van der Waals surface area contributed by atoms with Crippen molar-refractivity contribution in [2.45, 2.75) is 37.3 Å². The molecule has 4 aliphatic rings. The molecule has 2 unspecified atom stereocenters. The first-order chi connectivity index (χ1) is 28.7. The fourth-order valence-electron chi connectivity index (χ4n) is 8.96. The zero-order chi connectivity index (χ0) is 38.2. The lowest BCUT2D eigenvalue weighted by molar-refractivity contribution is 0.0134. The summed E-state index contributed by atoms with van der Waals surface area (Å²) >= 11 is 0. The maximum absolute atomic E-state index is 6.75. The van der Waals surface area contributed by atoms with Crippen LogP contribution in [0.4, 0.5) is 0 Å². The van der Waals surface area contributed by atoms with Gasteiger partial charge < -0.3 is 27.6 Å². The molecule has 0 N–H and O–H groups in total. The van der Waals surface area contributed by atoms with Gasteiger partial charge in [0.2, 0.25) is 0 Å². The minimum atomic E-state index is -1.90. The molecule has 286 valence electrons. The molecule has 0 aliphatic carbocycles. The molecule has 0 amide bonds. The highest BCUT2D eigenvalue weighted by Crippen LogP contribution is 2.54. The Morgan fingerprint density at radius 3 is 0.966 bits per heavy atom. The lowest BCUT2D eigenvalue weighted by Gasteiger charge is -2.28. The Kier molecular flexibility index (Phi) is 8.51. The van der Waals surface area contributed by atoms with Gasteiger partial charge in [0.05, 0.1) is 13.2 Å². The summed E-state index contributed by atoms with van der Waals surface area (Å²) in [6, 6.07) is 50.2. The Balaban J connectivity index is 0.836. The fourth-order valence-corrected chi connectivity index (χ4v) is 11.3. The minimum absolute atomic E-state index is 0.291. The fraction of sp³-hybridized carbons (Fsp3) is 0.167. The van der Waals surface area contributed by atoms with E-state index in [0.717, 1.165) is 88.3 Å². The van der Waals surface area contributed by atoms with Crippen molar-refractivity contribution in [2.75, 3.05) is 13.2 Å². The standard InChI is InChI=1S/C48H36O8P2/c1-5-13-33-29(9-1)17-21-41-37(33)25-38-34-14-6-2-10-30(34)18-22-42(38)52-57(51-41)55-45-27-49-48-46(28-50-47(45)48)56-58-53-43-23-19-31-11-3-7-15-35(31)39(43)26-40-36-16-8-4-12-32(36)20-24-44(40)54-58/h1-24,45-48H,25-28H2/t45-,46-,47?,48?/m1/s1. The molecule has 8 aromatic carbocycles. The number of benzene rings is 8. The molecule has 0 bridgehead atoms. The molecule has 0 spiro atoms. The molecule has 4 aliphatic heterocycles. The Hall–Kier alpha value is -5.30. The van der Waals surface area contributed by atoms with Gasteiger partial charge in [-0.25, -0.2) is 0 Å². The highest BCUT2D eigenvalue weighted by Gasteiger charge is 2.52. The van der Waals surface area contributed by atoms with Crippen LogP contribution in [0.3, 0.4) is 0 Å². The summed E-state index contributed by atoms with van der Waals surface area (Å²) in [5, 5.41) is 9.20. The lowest BCUT2D eigenvalue weighted by Crippen LogP contribution is -2.33. The first-order valence-corrected chi connectivity index (χ1v) is 21.8. The van der Waals surface area contributed by atoms with Gasteiger partial charge in [0.25, 0.3) is 0 Å². The first-order valence-electron chi connectivity index (χ1n) is 19.6. The molecule has 0 saturated carbocycles. The highest BCUT2D eigenvalue weighted by atomic mass is 31.2. The Bertz CT molecular complexity index is 2530. The molecule has 58 heavy (non-hydrogen) atoms. The average molecular weight is 803 g/mol. The third-order valence-electron chi connectivity index (χ3n) is 11.8. The molecular formula is C48H36O8P2. The molecule has 2 saturated heterocycles. The monoisotopic (exact) mass is 802 g/mol. The maximum atomic E-state index is 6.75. The van der Waals surface area contributed by atoms with E-state index in [1.807, 2.05) is 24.3 Å². The summed E-state index contributed by atoms with van der Waals surface area (Å²) in [7, 11) is -3.81. The number of fused-ring (bicyclic) bond motifs is 13. The van der Waals surface area contributed by atoms with Gasteiger partial charge in [0.15, 0.2) is 0 Å². The summed E-state index contributed by atoms with van der Waals surface area (Å²) in [5.41, 5.74) is 4.41. The summed E-state index contributed by atoms with van der Waals surface area (Å²) in [6.45, 7) is 0.582. The van der Waals surface area contributed by atoms with E-state index in [2.05, 4.69) is 121 Å². The van der Waals surface area contributed by atoms with Crippen LogP contribution in [-0.2, 0) is 31.4 Å². The van der Waals surface area contributed by atoms with Gasteiger partial charge in [-0.1, -0.05) is 121 Å². The summed E-state index contributed by atoms with van der Waals surface area (Å²) < 4.78 is 53.0. The summed E-state index contributed by atoms with van der Waals surface area (Å²) in [6.07, 6.45) is -0.412. The van der Waals surface area contributed by atoms with Gasteiger partial charge >= 0.3 is 17.2 Å². The van der Waals surface area contributed by atoms with Crippen LogP contribution in [0.5, 0.6) is 23.0 Å². The van der Waals surface area contributed by atoms with Crippen LogP contribution in [0, 0.1) is 0 Å². The third kappa shape index (κ3) is 5.98. The second-order valence-corrected chi connectivity index (χ2v) is 17.1. The molecule has 2 fully saturated rings. The van der Waals surface area contributed by atoms with E-state index >= 15 is 0 Å². The predicted molar refractivity (Wildman–Crippen MR) is 227 cm³/mol. The Labute approximate surface area is 337 Å². The third-order valence-corrected chi connectivity index (χ3v) is 14.1. The molecule has 0 aromatic heterocycles. The van der Waals surface area contributed by atoms with E-state index < -0.39 is 41.6 Å². The normalized spacial score (nSPS) is 21.6. The zero-order valence-electron chi connectivity index (χ0n) is 31.2. The maximum Gasteiger partial charge on any atom is 0.463 e. The zero-order valence-corrected chi connectivity index (χ0v) is 32.9. The highest BCUT2D eigenvalue weighted by molar-refractivity contribution is 7.43. The molecule has 4 heterocycles. The van der Waals surface area contributed by atoms with Crippen molar-refractivity contribution in [2.24, 2.45) is 0 Å². The Morgan fingerprint density at radius 1 is 0.362 bits per heavy atom. The average Bonchev–Trinajstić information content (AvgIpc) is 3.84. The van der Waals surface area contributed by atoms with Crippen molar-refractivity contribution < 1.29 is 36.6 Å². The quantitative estimate of drug-likeness (QED) is 0.163. The number of hydrogen-bond acceptors (Lipinski definition) is 8. The largest absolute Gasteiger partial charge is 0.463 e. The van der Waals surface area contributed by atoms with E-state index in [9.17, 15) is 0 Å². The van der Waals surface area contributed by atoms with Crippen molar-refractivity contribution in [3.05, 3.63) is 168 Å². The van der Waals surface area contributed by atoms with Gasteiger partial charge in [0, 0.05) is 35.1 Å². The second kappa shape index (κ2) is 14.2. The lowest BCUT2D eigenvalue weighted by atomic mass is 9.93. The van der Waals surface area contributed by atoms with Crippen molar-refractivity contribution in [3.8, 4) is 23.0 Å². The van der Waals surface area contributed by atoms with Crippen LogP contribution in [0.1, 0.15) is 22.3 Å². The van der Waals surface area contributed by atoms with Crippen molar-refractivity contribution >= 4 is 60.3 Å². The molecule has 8 nitrogen and oxygen atoms in total. The van der Waals surface area contributed by atoms with Crippen molar-refractivity contribution in [1.29, 1.82) is 0 Å². The van der Waals surface area contributed by atoms with Gasteiger partial charge in [-0.15, -0.1) is 0 Å². The van der Waals surface area contributed by atoms with E-state index in [1.165, 1.54) is 0 Å². The number of ether oxygens (including phenoxy) is 2. The summed E-state index contributed by atoms with van der Waals surface area (Å²) in [4.78, 5) is 0. The van der Waals surface area contributed by atoms with Crippen molar-refractivity contribution in [1.82, 2.24) is 0 Å². The number of rotatable bonds is 4. The molecule has 10 heteroatoms. The van der Waals surface area contributed by atoms with Crippen LogP contribution < -0.4 is 18.1 Å². The van der Waals surface area contributed by atoms with E-state index in [1.54, 1.807) is 0 Å². The van der Waals surface area contributed by atoms with Crippen LogP contribution in [0.2, 0.25) is 0 Å². The van der Waals surface area contributed by atoms with Gasteiger partial charge in [0.1, 0.15) is 47.4 Å².